The molecule has 1 N–H and O–H groups in total. The largest absolute Gasteiger partial charge is 0.508 e. The molecule has 0 amide bonds. The van der Waals surface area contributed by atoms with Gasteiger partial charge >= 0.3 is 5.97 Å². The molecule has 0 aliphatic rings. The molecule has 86 valence electrons. The molecule has 1 rings (SSSR count). The molecule has 0 aromatic heterocycles. The number of ether oxygens (including phenoxy) is 1. The maximum absolute atomic E-state index is 11.5. The fourth-order valence-electron chi connectivity index (χ4n) is 1.20. The highest BCUT2D eigenvalue weighted by molar-refractivity contribution is 5.82. The average molecular weight is 222 g/mol. The number of rotatable bonds is 4. The van der Waals surface area contributed by atoms with Crippen LogP contribution in [0.5, 0.6) is 5.75 Å². The third kappa shape index (κ3) is 3.38. The van der Waals surface area contributed by atoms with E-state index in [2.05, 4.69) is 0 Å². The Kier molecular flexibility index (Phi) is 4.05. The zero-order valence-corrected chi connectivity index (χ0v) is 9.27. The van der Waals surface area contributed by atoms with Gasteiger partial charge in [-0.25, -0.2) is 0 Å². The van der Waals surface area contributed by atoms with Gasteiger partial charge in [-0.15, -0.1) is 0 Å². The number of benzene rings is 1. The Morgan fingerprint density at radius 3 is 2.38 bits per heavy atom. The van der Waals surface area contributed by atoms with E-state index >= 15 is 0 Å². The van der Waals surface area contributed by atoms with E-state index in [9.17, 15) is 9.59 Å². The number of Topliss-reactive ketones (excluding diaryl/α,β-unsaturated/α-hetero) is 1. The van der Waals surface area contributed by atoms with Gasteiger partial charge in [0.25, 0.3) is 0 Å². The van der Waals surface area contributed by atoms with E-state index in [4.69, 9.17) is 9.84 Å². The predicted molar refractivity (Wildman–Crippen MR) is 58.2 cm³/mol. The molecule has 1 aromatic carbocycles. The van der Waals surface area contributed by atoms with Crippen molar-refractivity contribution in [1.29, 1.82) is 0 Å². The van der Waals surface area contributed by atoms with Gasteiger partial charge in [-0.3, -0.25) is 9.59 Å². The van der Waals surface area contributed by atoms with Gasteiger partial charge in [0.15, 0.2) is 5.78 Å². The summed E-state index contributed by atoms with van der Waals surface area (Å²) in [7, 11) is 0. The zero-order chi connectivity index (χ0) is 12.1. The number of carbonyl (C=O) groups excluding carboxylic acids is 2. The molecule has 1 atom stereocenters. The molecule has 0 saturated carbocycles. The van der Waals surface area contributed by atoms with E-state index in [1.165, 1.54) is 19.1 Å². The number of carbonyl (C=O) groups is 2. The van der Waals surface area contributed by atoms with Gasteiger partial charge in [-0.1, -0.05) is 12.1 Å². The van der Waals surface area contributed by atoms with Crippen molar-refractivity contribution >= 4 is 11.8 Å². The number of phenolic OH excluding ortho intramolecular Hbond substituents is 1. The number of phenols is 1. The molecule has 0 bridgehead atoms. The number of hydrogen-bond donors (Lipinski definition) is 1. The summed E-state index contributed by atoms with van der Waals surface area (Å²) in [5, 5.41) is 9.09. The van der Waals surface area contributed by atoms with Crippen LogP contribution < -0.4 is 0 Å². The van der Waals surface area contributed by atoms with Crippen LogP contribution in [0.1, 0.15) is 25.3 Å². The molecule has 0 spiro atoms. The SMILES string of the molecule is CC(=O)COC(=O)[C@@H](C)c1ccc(O)cc1. The smallest absolute Gasteiger partial charge is 0.313 e. The van der Waals surface area contributed by atoms with E-state index < -0.39 is 11.9 Å². The second kappa shape index (κ2) is 5.30. The van der Waals surface area contributed by atoms with E-state index in [1.54, 1.807) is 19.1 Å². The van der Waals surface area contributed by atoms with Crippen LogP contribution in [0, 0.1) is 0 Å². The first-order valence-electron chi connectivity index (χ1n) is 4.95. The topological polar surface area (TPSA) is 63.6 Å². The monoisotopic (exact) mass is 222 g/mol. The number of ketones is 1. The van der Waals surface area contributed by atoms with Crippen molar-refractivity contribution in [2.45, 2.75) is 19.8 Å². The van der Waals surface area contributed by atoms with Crippen LogP contribution in [0.2, 0.25) is 0 Å². The van der Waals surface area contributed by atoms with Crippen molar-refractivity contribution in [2.24, 2.45) is 0 Å². The van der Waals surface area contributed by atoms with Gasteiger partial charge in [-0.05, 0) is 31.5 Å². The first kappa shape index (κ1) is 12.2. The molecule has 0 unspecified atom stereocenters. The standard InChI is InChI=1S/C12H14O4/c1-8(13)7-16-12(15)9(2)10-3-5-11(14)6-4-10/h3-6,9,14H,7H2,1-2H3/t9-/m0/s1. The van der Waals surface area contributed by atoms with Gasteiger partial charge < -0.3 is 9.84 Å². The second-order valence-corrected chi connectivity index (χ2v) is 3.62. The Hall–Kier alpha value is -1.84. The number of hydrogen-bond acceptors (Lipinski definition) is 4. The van der Waals surface area contributed by atoms with Crippen LogP contribution in [0.4, 0.5) is 0 Å². The Labute approximate surface area is 93.9 Å². The molecular weight excluding hydrogens is 208 g/mol. The third-order valence-corrected chi connectivity index (χ3v) is 2.16. The normalized spacial score (nSPS) is 11.9. The minimum atomic E-state index is -0.444. The average Bonchev–Trinajstić information content (AvgIpc) is 2.26. The van der Waals surface area contributed by atoms with Crippen molar-refractivity contribution in [1.82, 2.24) is 0 Å². The Morgan fingerprint density at radius 1 is 1.31 bits per heavy atom. The maximum atomic E-state index is 11.5. The molecular formula is C12H14O4. The Balaban J connectivity index is 2.63. The highest BCUT2D eigenvalue weighted by atomic mass is 16.5. The fraction of sp³-hybridized carbons (Fsp3) is 0.333. The van der Waals surface area contributed by atoms with Crippen molar-refractivity contribution < 1.29 is 19.4 Å². The van der Waals surface area contributed by atoms with Crippen molar-refractivity contribution in [2.75, 3.05) is 6.61 Å². The van der Waals surface area contributed by atoms with Gasteiger partial charge in [0.2, 0.25) is 0 Å². The summed E-state index contributed by atoms with van der Waals surface area (Å²) in [4.78, 5) is 22.1. The summed E-state index contributed by atoms with van der Waals surface area (Å²) < 4.78 is 4.80. The molecule has 0 fully saturated rings. The minimum absolute atomic E-state index is 0.146. The minimum Gasteiger partial charge on any atom is -0.508 e. The van der Waals surface area contributed by atoms with E-state index in [0.717, 1.165) is 5.56 Å². The van der Waals surface area contributed by atoms with E-state index in [0.29, 0.717) is 0 Å². The first-order chi connectivity index (χ1) is 7.50. The van der Waals surface area contributed by atoms with Crippen LogP contribution >= 0.6 is 0 Å². The van der Waals surface area contributed by atoms with Crippen molar-refractivity contribution in [3.05, 3.63) is 29.8 Å². The van der Waals surface area contributed by atoms with Crippen LogP contribution in [-0.2, 0) is 14.3 Å². The Morgan fingerprint density at radius 2 is 1.88 bits per heavy atom. The summed E-state index contributed by atoms with van der Waals surface area (Å²) in [6.45, 7) is 2.86. The quantitative estimate of drug-likeness (QED) is 0.786. The first-order valence-corrected chi connectivity index (χ1v) is 4.95. The molecule has 1 aromatic rings. The molecule has 0 radical (unpaired) electrons. The van der Waals surface area contributed by atoms with Crippen molar-refractivity contribution in [3.8, 4) is 5.75 Å². The summed E-state index contributed by atoms with van der Waals surface area (Å²) in [6.07, 6.45) is 0. The summed E-state index contributed by atoms with van der Waals surface area (Å²) >= 11 is 0. The van der Waals surface area contributed by atoms with Crippen LogP contribution in [0.3, 0.4) is 0 Å². The molecule has 0 saturated heterocycles. The highest BCUT2D eigenvalue weighted by Crippen LogP contribution is 2.19. The van der Waals surface area contributed by atoms with Crippen molar-refractivity contribution in [3.63, 3.8) is 0 Å². The molecule has 0 aliphatic heterocycles. The lowest BCUT2D eigenvalue weighted by Crippen LogP contribution is -2.16. The molecule has 4 heteroatoms. The summed E-state index contributed by atoms with van der Waals surface area (Å²) in [5.74, 6) is -0.930. The third-order valence-electron chi connectivity index (χ3n) is 2.16. The van der Waals surface area contributed by atoms with E-state index in [-0.39, 0.29) is 18.1 Å². The summed E-state index contributed by atoms with van der Waals surface area (Å²) in [6, 6.07) is 6.30. The maximum Gasteiger partial charge on any atom is 0.313 e. The zero-order valence-electron chi connectivity index (χ0n) is 9.27. The number of esters is 1. The number of aromatic hydroxyl groups is 1. The molecule has 0 heterocycles. The molecule has 0 aliphatic carbocycles. The van der Waals surface area contributed by atoms with Gasteiger partial charge in [0.05, 0.1) is 5.92 Å². The summed E-state index contributed by atoms with van der Waals surface area (Å²) in [5.41, 5.74) is 0.742. The predicted octanol–water partition coefficient (Wildman–Crippen LogP) is 1.63. The van der Waals surface area contributed by atoms with Crippen LogP contribution in [0.25, 0.3) is 0 Å². The second-order valence-electron chi connectivity index (χ2n) is 3.62. The lowest BCUT2D eigenvalue weighted by Gasteiger charge is -2.10. The molecule has 4 nitrogen and oxygen atoms in total. The Bertz CT molecular complexity index is 381. The lowest BCUT2D eigenvalue weighted by atomic mass is 10.0. The fourth-order valence-corrected chi connectivity index (χ4v) is 1.20. The van der Waals surface area contributed by atoms with Gasteiger partial charge in [0, 0.05) is 0 Å². The lowest BCUT2D eigenvalue weighted by molar-refractivity contribution is -0.148. The van der Waals surface area contributed by atoms with Gasteiger partial charge in [-0.2, -0.15) is 0 Å². The molecule has 16 heavy (non-hydrogen) atoms. The highest BCUT2D eigenvalue weighted by Gasteiger charge is 2.16. The van der Waals surface area contributed by atoms with E-state index in [1.807, 2.05) is 0 Å². The van der Waals surface area contributed by atoms with Crippen LogP contribution in [-0.4, -0.2) is 23.5 Å². The van der Waals surface area contributed by atoms with Crippen LogP contribution in [0.15, 0.2) is 24.3 Å². The van der Waals surface area contributed by atoms with Gasteiger partial charge in [0.1, 0.15) is 12.4 Å².